The lowest BCUT2D eigenvalue weighted by Gasteiger charge is -2.37. The molecule has 3 aromatic carbocycles. The van der Waals surface area contributed by atoms with Gasteiger partial charge in [-0.2, -0.15) is 5.10 Å². The largest absolute Gasteiger partial charge is 0.461 e. The molecule has 0 saturated heterocycles. The molecule has 0 spiro atoms. The Morgan fingerprint density at radius 2 is 1.68 bits per heavy atom. The van der Waals surface area contributed by atoms with Crippen LogP contribution in [0, 0.1) is 6.92 Å². The van der Waals surface area contributed by atoms with Gasteiger partial charge in [0.05, 0.1) is 11.8 Å². The van der Waals surface area contributed by atoms with Crippen LogP contribution in [0.5, 0.6) is 5.75 Å². The van der Waals surface area contributed by atoms with Crippen molar-refractivity contribution >= 4 is 11.5 Å². The first-order valence-electron chi connectivity index (χ1n) is 9.48. The number of fused-ring (bicyclic) bond motifs is 3. The van der Waals surface area contributed by atoms with Crippen LogP contribution in [0.2, 0.25) is 0 Å². The number of ketones is 1. The van der Waals surface area contributed by atoms with Crippen molar-refractivity contribution < 1.29 is 9.53 Å². The fraction of sp³-hybridized carbons (Fsp3) is 0.167. The first kappa shape index (κ1) is 16.8. The van der Waals surface area contributed by atoms with E-state index >= 15 is 0 Å². The van der Waals surface area contributed by atoms with E-state index in [1.165, 1.54) is 5.56 Å². The molecule has 0 N–H and O–H groups in total. The third-order valence-corrected chi connectivity index (χ3v) is 5.37. The number of hydrogen-bond acceptors (Lipinski definition) is 4. The molecule has 2 heterocycles. The van der Waals surface area contributed by atoms with Crippen LogP contribution in [0.1, 0.15) is 39.5 Å². The van der Waals surface area contributed by atoms with Gasteiger partial charge in [0.15, 0.2) is 0 Å². The number of hydrogen-bond donors (Lipinski definition) is 0. The molecular formula is C24H20N2O2. The summed E-state index contributed by atoms with van der Waals surface area (Å²) in [5.74, 6) is 0.687. The van der Waals surface area contributed by atoms with Gasteiger partial charge in [-0.05, 0) is 18.6 Å². The topological polar surface area (TPSA) is 41.9 Å². The van der Waals surface area contributed by atoms with Gasteiger partial charge >= 0.3 is 0 Å². The second-order valence-corrected chi connectivity index (χ2v) is 7.25. The predicted molar refractivity (Wildman–Crippen MR) is 109 cm³/mol. The quantitative estimate of drug-likeness (QED) is 0.627. The van der Waals surface area contributed by atoms with Gasteiger partial charge in [-0.3, -0.25) is 4.79 Å². The van der Waals surface area contributed by atoms with Crippen molar-refractivity contribution in [3.8, 4) is 5.75 Å². The van der Waals surface area contributed by atoms with Gasteiger partial charge in [0.25, 0.3) is 6.23 Å². The number of aryl methyl sites for hydroxylation is 1. The maximum Gasteiger partial charge on any atom is 0.251 e. The van der Waals surface area contributed by atoms with Crippen LogP contribution < -0.4 is 4.74 Å². The molecule has 0 saturated carbocycles. The third kappa shape index (κ3) is 2.78. The van der Waals surface area contributed by atoms with Crippen LogP contribution >= 0.6 is 0 Å². The zero-order valence-electron chi connectivity index (χ0n) is 15.6. The summed E-state index contributed by atoms with van der Waals surface area (Å²) < 4.78 is 6.13. The number of hydrazone groups is 1. The first-order chi connectivity index (χ1) is 13.7. The number of benzene rings is 3. The summed E-state index contributed by atoms with van der Waals surface area (Å²) in [7, 11) is 0. The van der Waals surface area contributed by atoms with Crippen LogP contribution in [0.3, 0.4) is 0 Å². The molecule has 2 aliphatic heterocycles. The Morgan fingerprint density at radius 1 is 0.964 bits per heavy atom. The third-order valence-electron chi connectivity index (χ3n) is 5.37. The van der Waals surface area contributed by atoms with Crippen LogP contribution in [0.4, 0.5) is 0 Å². The summed E-state index contributed by atoms with van der Waals surface area (Å²) >= 11 is 0. The van der Waals surface area contributed by atoms with E-state index in [1.54, 1.807) is 0 Å². The minimum absolute atomic E-state index is 0.00100. The number of Topliss-reactive ketones (excluding diaryl/α,β-unsaturated/α-hetero) is 1. The summed E-state index contributed by atoms with van der Waals surface area (Å²) in [4.78, 5) is 13.2. The zero-order chi connectivity index (χ0) is 19.1. The van der Waals surface area contributed by atoms with E-state index in [0.29, 0.717) is 5.56 Å². The Morgan fingerprint density at radius 3 is 2.46 bits per heavy atom. The van der Waals surface area contributed by atoms with E-state index in [2.05, 4.69) is 37.3 Å². The number of rotatable bonds is 3. The molecule has 4 nitrogen and oxygen atoms in total. The van der Waals surface area contributed by atoms with Crippen LogP contribution in [0.25, 0.3) is 0 Å². The average Bonchev–Trinajstić information content (AvgIpc) is 3.19. The maximum atomic E-state index is 13.2. The van der Waals surface area contributed by atoms with Crippen molar-refractivity contribution in [2.24, 2.45) is 5.10 Å². The molecule has 0 radical (unpaired) electrons. The summed E-state index contributed by atoms with van der Waals surface area (Å²) in [5, 5.41) is 6.68. The second-order valence-electron chi connectivity index (χ2n) is 7.25. The smallest absolute Gasteiger partial charge is 0.251 e. The minimum Gasteiger partial charge on any atom is -0.461 e. The standard InChI is InChI=1S/C24H20N2O2/c1-16-11-13-17(14-12-16)20-15-21-19-9-5-6-10-22(19)28-24(26(21)25-20)23(27)18-7-3-2-4-8-18/h2-14,21,24H,15H2,1H3/t21-,24+/m1/s1. The molecule has 0 aromatic heterocycles. The van der Waals surface area contributed by atoms with Crippen molar-refractivity contribution in [3.63, 3.8) is 0 Å². The van der Waals surface area contributed by atoms with Gasteiger partial charge in [-0.1, -0.05) is 78.4 Å². The number of nitrogens with zero attached hydrogens (tertiary/aromatic N) is 2. The molecule has 0 bridgehead atoms. The maximum absolute atomic E-state index is 13.2. The Balaban J connectivity index is 1.56. The Kier molecular flexibility index (Phi) is 3.97. The molecule has 2 atom stereocenters. The highest BCUT2D eigenvalue weighted by molar-refractivity contribution is 6.03. The van der Waals surface area contributed by atoms with Crippen molar-refractivity contribution in [3.05, 3.63) is 101 Å². The first-order valence-corrected chi connectivity index (χ1v) is 9.48. The van der Waals surface area contributed by atoms with Gasteiger partial charge < -0.3 is 4.74 Å². The molecule has 0 unspecified atom stereocenters. The van der Waals surface area contributed by atoms with E-state index in [0.717, 1.165) is 29.0 Å². The molecule has 5 rings (SSSR count). The summed E-state index contributed by atoms with van der Waals surface area (Å²) in [6.45, 7) is 2.07. The predicted octanol–water partition coefficient (Wildman–Crippen LogP) is 4.75. The molecule has 2 aliphatic rings. The van der Waals surface area contributed by atoms with Gasteiger partial charge in [0.2, 0.25) is 5.78 Å². The highest BCUT2D eigenvalue weighted by Crippen LogP contribution is 2.43. The molecule has 0 amide bonds. The van der Waals surface area contributed by atoms with Crippen LogP contribution in [0.15, 0.2) is 84.0 Å². The fourth-order valence-electron chi connectivity index (χ4n) is 3.87. The van der Waals surface area contributed by atoms with Crippen molar-refractivity contribution in [1.29, 1.82) is 0 Å². The van der Waals surface area contributed by atoms with Gasteiger partial charge in [0.1, 0.15) is 5.75 Å². The van der Waals surface area contributed by atoms with E-state index in [4.69, 9.17) is 9.84 Å². The molecule has 4 heteroatoms. The second kappa shape index (κ2) is 6.64. The van der Waals surface area contributed by atoms with Gasteiger partial charge in [-0.15, -0.1) is 0 Å². The molecule has 3 aromatic rings. The Labute approximate surface area is 164 Å². The zero-order valence-corrected chi connectivity index (χ0v) is 15.6. The van der Waals surface area contributed by atoms with Crippen molar-refractivity contribution in [2.45, 2.75) is 25.6 Å². The summed E-state index contributed by atoms with van der Waals surface area (Å²) in [5.41, 5.74) is 4.99. The number of carbonyl (C=O) groups is 1. The molecule has 0 fully saturated rings. The summed E-state index contributed by atoms with van der Waals surface area (Å²) in [6, 6.07) is 25.6. The summed E-state index contributed by atoms with van der Waals surface area (Å²) in [6.07, 6.45) is -0.00704. The Hall–Kier alpha value is -3.40. The van der Waals surface area contributed by atoms with E-state index in [-0.39, 0.29) is 11.8 Å². The van der Waals surface area contributed by atoms with Gasteiger partial charge in [-0.25, -0.2) is 5.01 Å². The number of para-hydroxylation sites is 1. The van der Waals surface area contributed by atoms with E-state index in [9.17, 15) is 4.79 Å². The number of carbonyl (C=O) groups excluding carboxylic acids is 1. The average molecular weight is 368 g/mol. The lowest BCUT2D eigenvalue weighted by molar-refractivity contribution is -0.00455. The molecule has 138 valence electrons. The van der Waals surface area contributed by atoms with E-state index < -0.39 is 6.23 Å². The van der Waals surface area contributed by atoms with Crippen molar-refractivity contribution in [2.75, 3.05) is 0 Å². The normalized spacial score (nSPS) is 20.0. The molecule has 28 heavy (non-hydrogen) atoms. The number of ether oxygens (including phenoxy) is 1. The van der Waals surface area contributed by atoms with Crippen LogP contribution in [-0.2, 0) is 0 Å². The highest BCUT2D eigenvalue weighted by atomic mass is 16.5. The lowest BCUT2D eigenvalue weighted by Crippen LogP contribution is -2.45. The van der Waals surface area contributed by atoms with Crippen LogP contribution in [-0.4, -0.2) is 22.7 Å². The highest BCUT2D eigenvalue weighted by Gasteiger charge is 2.43. The molecule has 0 aliphatic carbocycles. The minimum atomic E-state index is -0.759. The van der Waals surface area contributed by atoms with E-state index in [1.807, 2.05) is 53.5 Å². The SMILES string of the molecule is Cc1ccc(C2=NN3[C@H](C2)c2ccccc2O[C@H]3C(=O)c2ccccc2)cc1. The molecular weight excluding hydrogens is 348 g/mol. The van der Waals surface area contributed by atoms with Crippen molar-refractivity contribution in [1.82, 2.24) is 5.01 Å². The fourth-order valence-corrected chi connectivity index (χ4v) is 3.87. The van der Waals surface area contributed by atoms with Gasteiger partial charge in [0, 0.05) is 17.5 Å². The monoisotopic (exact) mass is 368 g/mol. The Bertz CT molecular complexity index is 1060. The lowest BCUT2D eigenvalue weighted by atomic mass is 9.95.